The van der Waals surface area contributed by atoms with Crippen LogP contribution in [-0.4, -0.2) is 22.6 Å². The summed E-state index contributed by atoms with van der Waals surface area (Å²) in [6.07, 6.45) is 8.43. The lowest BCUT2D eigenvalue weighted by Gasteiger charge is -2.28. The average Bonchev–Trinajstić information content (AvgIpc) is 2.39. The summed E-state index contributed by atoms with van der Waals surface area (Å²) in [7, 11) is 0. The quantitative estimate of drug-likeness (QED) is 0.725. The van der Waals surface area contributed by atoms with E-state index in [1.54, 1.807) is 0 Å². The Hall–Kier alpha value is -1.12. The summed E-state index contributed by atoms with van der Waals surface area (Å²) in [4.78, 5) is 11.3. The van der Waals surface area contributed by atoms with Crippen LogP contribution in [0, 0.1) is 0 Å². The summed E-state index contributed by atoms with van der Waals surface area (Å²) in [6, 6.07) is 0.508. The molecule has 3 nitrogen and oxygen atoms in total. The van der Waals surface area contributed by atoms with Crippen molar-refractivity contribution in [3.05, 3.63) is 18.0 Å². The van der Waals surface area contributed by atoms with Gasteiger partial charge < -0.3 is 4.90 Å². The highest BCUT2D eigenvalue weighted by atomic mass is 15.3. The molecule has 96 valence electrons. The number of anilines is 1. The van der Waals surface area contributed by atoms with Gasteiger partial charge in [-0.05, 0) is 31.7 Å². The van der Waals surface area contributed by atoms with Crippen molar-refractivity contribution in [1.82, 2.24) is 9.97 Å². The molecule has 0 aliphatic heterocycles. The summed E-state index contributed by atoms with van der Waals surface area (Å²) in [6.45, 7) is 9.85. The largest absolute Gasteiger partial charge is 0.338 e. The monoisotopic (exact) mass is 235 g/mol. The van der Waals surface area contributed by atoms with Crippen LogP contribution in [0.5, 0.6) is 0 Å². The summed E-state index contributed by atoms with van der Waals surface area (Å²) >= 11 is 0. The van der Waals surface area contributed by atoms with Gasteiger partial charge in [0, 0.05) is 25.0 Å². The van der Waals surface area contributed by atoms with Crippen LogP contribution >= 0.6 is 0 Å². The van der Waals surface area contributed by atoms with E-state index < -0.39 is 0 Å². The maximum Gasteiger partial charge on any atom is 0.225 e. The first-order chi connectivity index (χ1) is 8.22. The van der Waals surface area contributed by atoms with Crippen molar-refractivity contribution in [3.8, 4) is 0 Å². The van der Waals surface area contributed by atoms with Crippen LogP contribution in [0.15, 0.2) is 12.4 Å². The van der Waals surface area contributed by atoms with Crippen LogP contribution in [-0.2, 0) is 6.42 Å². The lowest BCUT2D eigenvalue weighted by Crippen LogP contribution is -2.34. The Kier molecular flexibility index (Phi) is 5.95. The highest BCUT2D eigenvalue weighted by Crippen LogP contribution is 2.14. The minimum Gasteiger partial charge on any atom is -0.338 e. The lowest BCUT2D eigenvalue weighted by atomic mass is 10.2. The van der Waals surface area contributed by atoms with Gasteiger partial charge in [0.05, 0.1) is 0 Å². The van der Waals surface area contributed by atoms with E-state index in [9.17, 15) is 0 Å². The molecule has 0 aromatic carbocycles. The van der Waals surface area contributed by atoms with Crippen LogP contribution in [0.2, 0.25) is 0 Å². The fourth-order valence-electron chi connectivity index (χ4n) is 1.75. The third kappa shape index (κ3) is 3.99. The van der Waals surface area contributed by atoms with E-state index in [0.29, 0.717) is 6.04 Å². The Labute approximate surface area is 105 Å². The molecule has 1 heterocycles. The highest BCUT2D eigenvalue weighted by molar-refractivity contribution is 5.31. The van der Waals surface area contributed by atoms with Crippen molar-refractivity contribution >= 4 is 5.95 Å². The van der Waals surface area contributed by atoms with Crippen molar-refractivity contribution in [2.45, 2.75) is 59.4 Å². The Balaban J connectivity index is 2.79. The molecule has 0 radical (unpaired) electrons. The van der Waals surface area contributed by atoms with Gasteiger partial charge in [-0.2, -0.15) is 0 Å². The SMILES string of the molecule is CCCCN(c1ncc(CC)cn1)C(C)CC. The molecular weight excluding hydrogens is 210 g/mol. The zero-order valence-electron chi connectivity index (χ0n) is 11.6. The molecule has 1 atom stereocenters. The van der Waals surface area contributed by atoms with E-state index in [4.69, 9.17) is 0 Å². The van der Waals surface area contributed by atoms with Gasteiger partial charge in [-0.3, -0.25) is 0 Å². The van der Waals surface area contributed by atoms with Crippen molar-refractivity contribution in [3.63, 3.8) is 0 Å². The van der Waals surface area contributed by atoms with E-state index >= 15 is 0 Å². The van der Waals surface area contributed by atoms with Crippen molar-refractivity contribution in [1.29, 1.82) is 0 Å². The second-order valence-corrected chi connectivity index (χ2v) is 4.55. The molecule has 0 fully saturated rings. The van der Waals surface area contributed by atoms with Crippen molar-refractivity contribution in [2.24, 2.45) is 0 Å². The summed E-state index contributed by atoms with van der Waals surface area (Å²) in [5, 5.41) is 0. The highest BCUT2D eigenvalue weighted by Gasteiger charge is 2.14. The van der Waals surface area contributed by atoms with Gasteiger partial charge >= 0.3 is 0 Å². The number of rotatable bonds is 7. The molecular formula is C14H25N3. The first kappa shape index (κ1) is 13.9. The second kappa shape index (κ2) is 7.25. The minimum absolute atomic E-state index is 0.508. The third-order valence-electron chi connectivity index (χ3n) is 3.23. The smallest absolute Gasteiger partial charge is 0.225 e. The average molecular weight is 235 g/mol. The number of hydrogen-bond acceptors (Lipinski definition) is 3. The van der Waals surface area contributed by atoms with Gasteiger partial charge in [-0.15, -0.1) is 0 Å². The molecule has 1 aromatic heterocycles. The maximum absolute atomic E-state index is 4.49. The fraction of sp³-hybridized carbons (Fsp3) is 0.714. The lowest BCUT2D eigenvalue weighted by molar-refractivity contribution is 0.582. The Bertz CT molecular complexity index is 308. The summed E-state index contributed by atoms with van der Waals surface area (Å²) in [5.41, 5.74) is 1.20. The molecule has 0 N–H and O–H groups in total. The zero-order valence-corrected chi connectivity index (χ0v) is 11.6. The minimum atomic E-state index is 0.508. The molecule has 0 aliphatic rings. The standard InChI is InChI=1S/C14H25N3/c1-5-8-9-17(12(4)6-2)14-15-10-13(7-3)11-16-14/h10-12H,5-9H2,1-4H3. The predicted molar refractivity (Wildman–Crippen MR) is 73.4 cm³/mol. The Morgan fingerprint density at radius 2 is 1.82 bits per heavy atom. The van der Waals surface area contributed by atoms with E-state index in [1.165, 1.54) is 18.4 Å². The zero-order chi connectivity index (χ0) is 12.7. The molecule has 0 saturated carbocycles. The van der Waals surface area contributed by atoms with Gasteiger partial charge in [-0.1, -0.05) is 27.2 Å². The molecule has 1 unspecified atom stereocenters. The Morgan fingerprint density at radius 3 is 2.29 bits per heavy atom. The van der Waals surface area contributed by atoms with E-state index in [-0.39, 0.29) is 0 Å². The number of nitrogens with zero attached hydrogens (tertiary/aromatic N) is 3. The van der Waals surface area contributed by atoms with Crippen LogP contribution in [0.1, 0.15) is 52.5 Å². The molecule has 3 heteroatoms. The molecule has 1 rings (SSSR count). The van der Waals surface area contributed by atoms with Crippen LogP contribution < -0.4 is 4.90 Å². The van der Waals surface area contributed by atoms with Crippen molar-refractivity contribution in [2.75, 3.05) is 11.4 Å². The number of unbranched alkanes of at least 4 members (excludes halogenated alkanes) is 1. The first-order valence-corrected chi connectivity index (χ1v) is 6.80. The van der Waals surface area contributed by atoms with Gasteiger partial charge in [0.1, 0.15) is 0 Å². The van der Waals surface area contributed by atoms with Gasteiger partial charge in [0.2, 0.25) is 5.95 Å². The van der Waals surface area contributed by atoms with Gasteiger partial charge in [0.15, 0.2) is 0 Å². The topological polar surface area (TPSA) is 29.0 Å². The number of hydrogen-bond donors (Lipinski definition) is 0. The number of aryl methyl sites for hydroxylation is 1. The van der Waals surface area contributed by atoms with Crippen LogP contribution in [0.4, 0.5) is 5.95 Å². The summed E-state index contributed by atoms with van der Waals surface area (Å²) < 4.78 is 0. The molecule has 17 heavy (non-hydrogen) atoms. The van der Waals surface area contributed by atoms with Crippen LogP contribution in [0.3, 0.4) is 0 Å². The molecule has 0 amide bonds. The van der Waals surface area contributed by atoms with Crippen LogP contribution in [0.25, 0.3) is 0 Å². The molecule has 0 saturated heterocycles. The third-order valence-corrected chi connectivity index (χ3v) is 3.23. The van der Waals surface area contributed by atoms with E-state index in [0.717, 1.165) is 25.3 Å². The van der Waals surface area contributed by atoms with E-state index in [2.05, 4.69) is 42.6 Å². The number of aromatic nitrogens is 2. The predicted octanol–water partition coefficient (Wildman–Crippen LogP) is 3.44. The Morgan fingerprint density at radius 1 is 1.18 bits per heavy atom. The van der Waals surface area contributed by atoms with Gasteiger partial charge in [-0.25, -0.2) is 9.97 Å². The molecule has 1 aromatic rings. The van der Waals surface area contributed by atoms with E-state index in [1.807, 2.05) is 12.4 Å². The first-order valence-electron chi connectivity index (χ1n) is 6.80. The fourth-order valence-corrected chi connectivity index (χ4v) is 1.75. The molecule has 0 spiro atoms. The molecule has 0 bridgehead atoms. The van der Waals surface area contributed by atoms with Crippen molar-refractivity contribution < 1.29 is 0 Å². The van der Waals surface area contributed by atoms with Gasteiger partial charge in [0.25, 0.3) is 0 Å². The molecule has 0 aliphatic carbocycles. The summed E-state index contributed by atoms with van der Waals surface area (Å²) in [5.74, 6) is 0.880. The maximum atomic E-state index is 4.49. The second-order valence-electron chi connectivity index (χ2n) is 4.55. The normalized spacial score (nSPS) is 12.5.